The van der Waals surface area contributed by atoms with Crippen LogP contribution in [0.5, 0.6) is 0 Å². The summed E-state index contributed by atoms with van der Waals surface area (Å²) in [5.41, 5.74) is 0. The van der Waals surface area contributed by atoms with Crippen LogP contribution < -0.4 is 0 Å². The topological polar surface area (TPSA) is 0 Å². The van der Waals surface area contributed by atoms with Crippen LogP contribution in [0.3, 0.4) is 0 Å². The monoisotopic (exact) mass is 506 g/mol. The van der Waals surface area contributed by atoms with Gasteiger partial charge in [-0.1, -0.05) is 26.2 Å². The molecule has 0 spiro atoms. The largest absolute Gasteiger partial charge is 0.147 e. The Hall–Kier alpha value is 0.848. The van der Waals surface area contributed by atoms with E-state index in [2.05, 4.69) is 44.5 Å². The van der Waals surface area contributed by atoms with Crippen molar-refractivity contribution in [2.75, 3.05) is 0 Å². The molecule has 0 saturated heterocycles. The van der Waals surface area contributed by atoms with Crippen LogP contribution in [0.4, 0.5) is 0 Å². The Kier molecular flexibility index (Phi) is 27.0. The van der Waals surface area contributed by atoms with Gasteiger partial charge in [-0.05, 0) is 0 Å². The van der Waals surface area contributed by atoms with E-state index in [1.165, 1.54) is 141 Å². The molecular formula is C28H60AsCl. The molecule has 0 N–H and O–H groups in total. The van der Waals surface area contributed by atoms with E-state index in [1.54, 1.807) is 0 Å². The minimum absolute atomic E-state index is 0. The molecule has 30 heavy (non-hydrogen) atoms. The molecule has 0 nitrogen and oxygen atoms in total. The van der Waals surface area contributed by atoms with Crippen molar-refractivity contribution in [1.82, 2.24) is 0 Å². The summed E-state index contributed by atoms with van der Waals surface area (Å²) in [7, 11) is 0. The number of hydrogen-bond donors (Lipinski definition) is 0. The Bertz CT molecular complexity index is 310. The molecule has 0 aliphatic carbocycles. The van der Waals surface area contributed by atoms with Gasteiger partial charge in [0.05, 0.1) is 0 Å². The number of halogens is 1. The molecule has 0 aromatic heterocycles. The van der Waals surface area contributed by atoms with Gasteiger partial charge < -0.3 is 0 Å². The first-order chi connectivity index (χ1) is 14.1. The fourth-order valence-electron chi connectivity index (χ4n) is 4.95. The van der Waals surface area contributed by atoms with Crippen LogP contribution >= 0.6 is 12.4 Å². The number of rotatable bonds is 23. The molecule has 0 saturated carbocycles. The minimum atomic E-state index is 0. The molecule has 0 rings (SSSR count). The smallest absolute Gasteiger partial charge is 0.147 e. The van der Waals surface area contributed by atoms with Crippen LogP contribution in [0.25, 0.3) is 0 Å². The third kappa shape index (κ3) is 18.4. The van der Waals surface area contributed by atoms with E-state index >= 15 is 0 Å². The summed E-state index contributed by atoms with van der Waals surface area (Å²) in [6.45, 7) is 9.43. The second-order valence-corrected chi connectivity index (χ2v) is 12.4. The summed E-state index contributed by atoms with van der Waals surface area (Å²) in [6.07, 6.45) is 32.1. The van der Waals surface area contributed by atoms with E-state index in [-0.39, 0.29) is 12.4 Å². The molecule has 184 valence electrons. The SMILES string of the molecule is CCCCCCCCCCCCCCC(CCCC)C([AsH2])(CCCC)CCCC.Cl. The van der Waals surface area contributed by atoms with Gasteiger partial charge in [-0.2, -0.15) is 0 Å². The van der Waals surface area contributed by atoms with Gasteiger partial charge in [0.1, 0.15) is 0 Å². The average molecular weight is 507 g/mol. The van der Waals surface area contributed by atoms with Crippen molar-refractivity contribution in [2.45, 2.75) is 173 Å². The molecule has 0 bridgehead atoms. The van der Waals surface area contributed by atoms with Crippen molar-refractivity contribution in [3.05, 3.63) is 0 Å². The predicted molar refractivity (Wildman–Crippen MR) is 146 cm³/mol. The van der Waals surface area contributed by atoms with Crippen LogP contribution in [0.15, 0.2) is 0 Å². The van der Waals surface area contributed by atoms with Crippen LogP contribution in [0.1, 0.15) is 169 Å². The molecule has 0 heterocycles. The molecule has 0 aliphatic rings. The maximum Gasteiger partial charge on any atom is -0.147 e. The van der Waals surface area contributed by atoms with E-state index in [0.717, 1.165) is 5.92 Å². The van der Waals surface area contributed by atoms with Gasteiger partial charge in [0.2, 0.25) is 0 Å². The molecule has 0 fully saturated rings. The summed E-state index contributed by atoms with van der Waals surface area (Å²) >= 11 is 2.10. The summed E-state index contributed by atoms with van der Waals surface area (Å²) in [5.74, 6) is 1.00. The van der Waals surface area contributed by atoms with E-state index in [0.29, 0.717) is 4.20 Å². The first-order valence-corrected chi connectivity index (χ1v) is 15.1. The Labute approximate surface area is 207 Å². The molecule has 2 heteroatoms. The van der Waals surface area contributed by atoms with Gasteiger partial charge in [0.15, 0.2) is 0 Å². The first kappa shape index (κ1) is 33.0. The molecule has 0 aliphatic heterocycles. The van der Waals surface area contributed by atoms with Crippen LogP contribution in [-0.2, 0) is 0 Å². The van der Waals surface area contributed by atoms with Crippen LogP contribution in [0, 0.1) is 5.92 Å². The van der Waals surface area contributed by atoms with Crippen molar-refractivity contribution >= 4 is 29.3 Å². The molecule has 2 atom stereocenters. The van der Waals surface area contributed by atoms with Crippen molar-refractivity contribution in [2.24, 2.45) is 5.92 Å². The van der Waals surface area contributed by atoms with Gasteiger partial charge in [0, 0.05) is 0 Å². The van der Waals surface area contributed by atoms with Gasteiger partial charge in [-0.3, -0.25) is 0 Å². The maximum absolute atomic E-state index is 2.38. The molecule has 0 radical (unpaired) electrons. The first-order valence-electron chi connectivity index (χ1n) is 13.9. The Morgan fingerprint density at radius 2 is 0.800 bits per heavy atom. The zero-order chi connectivity index (χ0) is 21.6. The molecule has 0 aromatic carbocycles. The molecule has 0 amide bonds. The molecule has 2 unspecified atom stereocenters. The summed E-state index contributed by atoms with van der Waals surface area (Å²) < 4.78 is 0.673. The Morgan fingerprint density at radius 3 is 1.20 bits per heavy atom. The van der Waals surface area contributed by atoms with Crippen LogP contribution in [-0.4, -0.2) is 16.9 Å². The summed E-state index contributed by atoms with van der Waals surface area (Å²) in [4.78, 5) is 0. The van der Waals surface area contributed by atoms with Gasteiger partial charge in [-0.25, -0.2) is 0 Å². The number of unbranched alkanes of at least 4 members (excludes halogenated alkanes) is 14. The van der Waals surface area contributed by atoms with Crippen molar-refractivity contribution in [3.8, 4) is 0 Å². The summed E-state index contributed by atoms with van der Waals surface area (Å²) in [6, 6.07) is 0. The fourth-order valence-corrected chi connectivity index (χ4v) is 6.50. The second-order valence-electron chi connectivity index (χ2n) is 9.96. The Morgan fingerprint density at radius 1 is 0.467 bits per heavy atom. The van der Waals surface area contributed by atoms with E-state index < -0.39 is 0 Å². The molecular weight excluding hydrogens is 447 g/mol. The van der Waals surface area contributed by atoms with Crippen molar-refractivity contribution in [1.29, 1.82) is 0 Å². The predicted octanol–water partition coefficient (Wildman–Crippen LogP) is 10.5. The second kappa shape index (κ2) is 24.5. The van der Waals surface area contributed by atoms with Gasteiger partial charge in [0.25, 0.3) is 0 Å². The van der Waals surface area contributed by atoms with Gasteiger partial charge in [-0.15, -0.1) is 12.4 Å². The Balaban J connectivity index is 0. The van der Waals surface area contributed by atoms with Gasteiger partial charge >= 0.3 is 170 Å². The zero-order valence-electron chi connectivity index (χ0n) is 21.6. The van der Waals surface area contributed by atoms with Crippen molar-refractivity contribution in [3.63, 3.8) is 0 Å². The third-order valence-electron chi connectivity index (χ3n) is 7.12. The normalized spacial score (nSPS) is 12.7. The van der Waals surface area contributed by atoms with E-state index in [9.17, 15) is 0 Å². The average Bonchev–Trinajstić information content (AvgIpc) is 2.73. The minimum Gasteiger partial charge on any atom is -0.147 e. The number of hydrogen-bond acceptors (Lipinski definition) is 0. The van der Waals surface area contributed by atoms with Crippen molar-refractivity contribution < 1.29 is 0 Å². The standard InChI is InChI=1S/C28H59As.ClH/c1-5-9-13-14-15-16-17-18-19-20-21-22-24-27(23-10-6-2)28(29,25-11-7-3)26-12-8-4;/h27H,5-26,29H2,1-4H3;1H. The molecule has 0 aromatic rings. The summed E-state index contributed by atoms with van der Waals surface area (Å²) in [5, 5.41) is 0. The van der Waals surface area contributed by atoms with Crippen LogP contribution in [0.2, 0.25) is 4.20 Å². The zero-order valence-corrected chi connectivity index (χ0v) is 24.9. The fraction of sp³-hybridized carbons (Fsp3) is 1.00. The van der Waals surface area contributed by atoms with E-state index in [4.69, 9.17) is 0 Å². The quantitative estimate of drug-likeness (QED) is 0.0954. The van der Waals surface area contributed by atoms with E-state index in [1.807, 2.05) is 0 Å². The maximum atomic E-state index is 2.38. The third-order valence-corrected chi connectivity index (χ3v) is 9.32.